The number of thiophene rings is 1. The third kappa shape index (κ3) is 1.69. The zero-order valence-corrected chi connectivity index (χ0v) is 10.1. The molecule has 2 aromatic rings. The molecule has 1 aromatic carbocycles. The Morgan fingerprint density at radius 3 is 2.88 bits per heavy atom. The topological polar surface area (TPSA) is 63.3 Å². The maximum atomic E-state index is 10.9. The van der Waals surface area contributed by atoms with Gasteiger partial charge in [0, 0.05) is 25.5 Å². The molecule has 0 bridgehead atoms. The lowest BCUT2D eigenvalue weighted by Gasteiger charge is -2.07. The lowest BCUT2D eigenvalue weighted by atomic mass is 10.0. The van der Waals surface area contributed by atoms with Crippen LogP contribution >= 0.6 is 22.9 Å². The van der Waals surface area contributed by atoms with Crippen LogP contribution < -0.4 is 5.73 Å². The summed E-state index contributed by atoms with van der Waals surface area (Å²) < 4.78 is 0.969. The Kier molecular flexibility index (Phi) is 2.88. The number of benzene rings is 1. The van der Waals surface area contributed by atoms with Crippen molar-refractivity contribution >= 4 is 39.0 Å². The van der Waals surface area contributed by atoms with Crippen molar-refractivity contribution in [1.29, 1.82) is 0 Å². The molecular formula is C11H10ClNO2S. The number of hydrogen-bond donors (Lipinski definition) is 2. The number of carbonyl (C=O) groups is 1. The van der Waals surface area contributed by atoms with E-state index in [1.165, 1.54) is 11.3 Å². The molecule has 84 valence electrons. The van der Waals surface area contributed by atoms with Gasteiger partial charge in [-0.1, -0.05) is 17.7 Å². The summed E-state index contributed by atoms with van der Waals surface area (Å²) in [5, 5.41) is 10.3. The molecule has 2 rings (SSSR count). The average molecular weight is 256 g/mol. The Bertz CT molecular complexity index is 564. The second-order valence-electron chi connectivity index (χ2n) is 3.50. The first kappa shape index (κ1) is 11.4. The molecule has 3 N–H and O–H groups in total. The summed E-state index contributed by atoms with van der Waals surface area (Å²) in [7, 11) is 0. The van der Waals surface area contributed by atoms with Crippen molar-refractivity contribution in [1.82, 2.24) is 0 Å². The molecule has 0 saturated carbocycles. The minimum atomic E-state index is -1.04. The van der Waals surface area contributed by atoms with Gasteiger partial charge in [-0.3, -0.25) is 4.79 Å². The number of fused-ring (bicyclic) bond motifs is 1. The fraction of sp³-hybridized carbons (Fsp3) is 0.182. The molecular weight excluding hydrogens is 246 g/mol. The molecule has 0 aliphatic heterocycles. The highest BCUT2D eigenvalue weighted by Gasteiger charge is 2.22. The monoisotopic (exact) mass is 255 g/mol. The zero-order chi connectivity index (χ0) is 11.9. The average Bonchev–Trinajstić information content (AvgIpc) is 2.54. The quantitative estimate of drug-likeness (QED) is 0.867. The molecule has 0 radical (unpaired) electrons. The zero-order valence-electron chi connectivity index (χ0n) is 8.53. The first-order valence-corrected chi connectivity index (χ1v) is 5.87. The minimum absolute atomic E-state index is 0.550. The van der Waals surface area contributed by atoms with Gasteiger partial charge in [-0.25, -0.2) is 0 Å². The van der Waals surface area contributed by atoms with Crippen LogP contribution in [0.25, 0.3) is 10.1 Å². The van der Waals surface area contributed by atoms with Crippen LogP contribution in [0.1, 0.15) is 16.5 Å². The smallest absolute Gasteiger partial charge is 0.325 e. The molecule has 0 spiro atoms. The third-order valence-corrected chi connectivity index (χ3v) is 3.87. The highest BCUT2D eigenvalue weighted by molar-refractivity contribution is 7.19. The number of nitrogens with two attached hydrogens (primary N) is 1. The van der Waals surface area contributed by atoms with Gasteiger partial charge in [-0.05, 0) is 19.1 Å². The molecule has 5 heteroatoms. The lowest BCUT2D eigenvalue weighted by Crippen LogP contribution is -2.21. The van der Waals surface area contributed by atoms with Crippen LogP contribution in [0.15, 0.2) is 18.2 Å². The number of rotatable bonds is 2. The van der Waals surface area contributed by atoms with Gasteiger partial charge in [0.1, 0.15) is 6.04 Å². The standard InChI is InChI=1S/C11H10ClNO2S/c1-5-8(10(13)11(14)15)9-6(12)3-2-4-7(9)16-5/h2-4,10H,13H2,1H3,(H,14,15). The highest BCUT2D eigenvalue weighted by Crippen LogP contribution is 2.38. The highest BCUT2D eigenvalue weighted by atomic mass is 35.5. The summed E-state index contributed by atoms with van der Waals surface area (Å²) in [6.07, 6.45) is 0. The van der Waals surface area contributed by atoms with E-state index in [1.54, 1.807) is 6.07 Å². The van der Waals surface area contributed by atoms with E-state index in [0.717, 1.165) is 15.0 Å². The Morgan fingerprint density at radius 2 is 2.25 bits per heavy atom. The van der Waals surface area contributed by atoms with Crippen LogP contribution in [0.5, 0.6) is 0 Å². The van der Waals surface area contributed by atoms with Gasteiger partial charge in [-0.2, -0.15) is 0 Å². The Hall–Kier alpha value is -1.10. The first-order chi connectivity index (χ1) is 7.52. The van der Waals surface area contributed by atoms with E-state index >= 15 is 0 Å². The molecule has 1 atom stereocenters. The van der Waals surface area contributed by atoms with Crippen molar-refractivity contribution in [3.05, 3.63) is 33.7 Å². The van der Waals surface area contributed by atoms with Crippen molar-refractivity contribution in [2.24, 2.45) is 5.73 Å². The minimum Gasteiger partial charge on any atom is -0.480 e. The van der Waals surface area contributed by atoms with E-state index in [0.29, 0.717) is 10.6 Å². The normalized spacial score (nSPS) is 12.9. The van der Waals surface area contributed by atoms with Crippen LogP contribution in [0.2, 0.25) is 5.02 Å². The molecule has 1 heterocycles. The predicted octanol–water partition coefficient (Wildman–Crippen LogP) is 2.95. The van der Waals surface area contributed by atoms with E-state index in [2.05, 4.69) is 0 Å². The van der Waals surface area contributed by atoms with Gasteiger partial charge < -0.3 is 10.8 Å². The largest absolute Gasteiger partial charge is 0.480 e. The Morgan fingerprint density at radius 1 is 1.56 bits per heavy atom. The summed E-state index contributed by atoms with van der Waals surface area (Å²) in [5.41, 5.74) is 6.29. The van der Waals surface area contributed by atoms with Crippen molar-refractivity contribution in [3.8, 4) is 0 Å². The first-order valence-electron chi connectivity index (χ1n) is 4.68. The Balaban J connectivity index is 2.77. The molecule has 16 heavy (non-hydrogen) atoms. The van der Waals surface area contributed by atoms with E-state index in [4.69, 9.17) is 22.4 Å². The molecule has 1 aromatic heterocycles. The molecule has 3 nitrogen and oxygen atoms in total. The van der Waals surface area contributed by atoms with Gasteiger partial charge in [0.2, 0.25) is 0 Å². The Labute approximate surface area is 101 Å². The van der Waals surface area contributed by atoms with E-state index in [-0.39, 0.29) is 0 Å². The summed E-state index contributed by atoms with van der Waals surface area (Å²) in [6.45, 7) is 1.86. The van der Waals surface area contributed by atoms with Crippen LogP contribution in [0, 0.1) is 6.92 Å². The fourth-order valence-corrected chi connectivity index (χ4v) is 3.21. The van der Waals surface area contributed by atoms with Crippen LogP contribution in [-0.2, 0) is 4.79 Å². The number of carboxylic acid groups (broad SMARTS) is 1. The molecule has 0 aliphatic rings. The van der Waals surface area contributed by atoms with Gasteiger partial charge in [-0.15, -0.1) is 11.3 Å². The van der Waals surface area contributed by atoms with Crippen molar-refractivity contribution in [2.75, 3.05) is 0 Å². The molecule has 0 saturated heterocycles. The summed E-state index contributed by atoms with van der Waals surface area (Å²) in [6, 6.07) is 4.48. The van der Waals surface area contributed by atoms with Crippen molar-refractivity contribution in [3.63, 3.8) is 0 Å². The van der Waals surface area contributed by atoms with Crippen LogP contribution in [0.4, 0.5) is 0 Å². The van der Waals surface area contributed by atoms with Gasteiger partial charge in [0.25, 0.3) is 0 Å². The molecule has 0 fully saturated rings. The second-order valence-corrected chi connectivity index (χ2v) is 5.16. The second kappa shape index (κ2) is 4.05. The summed E-state index contributed by atoms with van der Waals surface area (Å²) in [4.78, 5) is 11.8. The maximum Gasteiger partial charge on any atom is 0.325 e. The maximum absolute atomic E-state index is 10.9. The van der Waals surface area contributed by atoms with Gasteiger partial charge in [0.15, 0.2) is 0 Å². The van der Waals surface area contributed by atoms with E-state index in [1.807, 2.05) is 19.1 Å². The lowest BCUT2D eigenvalue weighted by molar-refractivity contribution is -0.138. The molecule has 0 aliphatic carbocycles. The van der Waals surface area contributed by atoms with Crippen molar-refractivity contribution < 1.29 is 9.90 Å². The summed E-state index contributed by atoms with van der Waals surface area (Å²) in [5.74, 6) is -1.04. The van der Waals surface area contributed by atoms with Gasteiger partial charge in [0.05, 0.1) is 0 Å². The fourth-order valence-electron chi connectivity index (χ4n) is 1.74. The van der Waals surface area contributed by atoms with E-state index in [9.17, 15) is 4.79 Å². The summed E-state index contributed by atoms with van der Waals surface area (Å²) >= 11 is 7.59. The number of halogens is 1. The van der Waals surface area contributed by atoms with Crippen LogP contribution in [0.3, 0.4) is 0 Å². The number of hydrogen-bond acceptors (Lipinski definition) is 3. The number of aliphatic carboxylic acids is 1. The molecule has 1 unspecified atom stereocenters. The van der Waals surface area contributed by atoms with Gasteiger partial charge >= 0.3 is 5.97 Å². The molecule has 0 amide bonds. The third-order valence-electron chi connectivity index (χ3n) is 2.46. The van der Waals surface area contributed by atoms with E-state index < -0.39 is 12.0 Å². The number of aryl methyl sites for hydroxylation is 1. The SMILES string of the molecule is Cc1sc2cccc(Cl)c2c1C(N)C(=O)O. The predicted molar refractivity (Wildman–Crippen MR) is 66.1 cm³/mol. The van der Waals surface area contributed by atoms with Crippen LogP contribution in [-0.4, -0.2) is 11.1 Å². The van der Waals surface area contributed by atoms with Crippen molar-refractivity contribution in [2.45, 2.75) is 13.0 Å². The number of carboxylic acids is 1.